The summed E-state index contributed by atoms with van der Waals surface area (Å²) in [5.41, 5.74) is 8.45. The fraction of sp³-hybridized carbons (Fsp3) is 0.182. The smallest absolute Gasteiger partial charge is 0.193 e. The standard InChI is InChI=1S/C11H10IN3S2/c12-10-3-7(6-17-10)9(13)4-8-5-15-1-2-16-11(15)14-8/h1-3,5-6,9H,4,13H2. The first-order valence-corrected chi connectivity index (χ1v) is 7.97. The summed E-state index contributed by atoms with van der Waals surface area (Å²) < 4.78 is 3.32. The van der Waals surface area contributed by atoms with Gasteiger partial charge in [0.15, 0.2) is 4.96 Å². The average Bonchev–Trinajstić information content (AvgIpc) is 2.92. The van der Waals surface area contributed by atoms with Gasteiger partial charge in [-0.25, -0.2) is 4.98 Å². The van der Waals surface area contributed by atoms with Crippen LogP contribution in [0.5, 0.6) is 0 Å². The molecule has 0 fully saturated rings. The van der Waals surface area contributed by atoms with Gasteiger partial charge >= 0.3 is 0 Å². The Morgan fingerprint density at radius 1 is 1.47 bits per heavy atom. The minimum Gasteiger partial charge on any atom is -0.324 e. The van der Waals surface area contributed by atoms with Crippen molar-refractivity contribution < 1.29 is 0 Å². The maximum atomic E-state index is 6.19. The number of halogens is 1. The van der Waals surface area contributed by atoms with Crippen LogP contribution < -0.4 is 5.73 Å². The minimum absolute atomic E-state index is 0.0411. The average molecular weight is 375 g/mol. The van der Waals surface area contributed by atoms with Gasteiger partial charge in [0.25, 0.3) is 0 Å². The number of fused-ring (bicyclic) bond motifs is 1. The lowest BCUT2D eigenvalue weighted by Crippen LogP contribution is -2.12. The van der Waals surface area contributed by atoms with Crippen molar-refractivity contribution in [1.29, 1.82) is 0 Å². The third kappa shape index (κ3) is 2.40. The summed E-state index contributed by atoms with van der Waals surface area (Å²) in [6.07, 6.45) is 4.87. The molecular formula is C11H10IN3S2. The van der Waals surface area contributed by atoms with Crippen LogP contribution in [0.25, 0.3) is 4.96 Å². The van der Waals surface area contributed by atoms with Crippen molar-refractivity contribution >= 4 is 50.2 Å². The van der Waals surface area contributed by atoms with Gasteiger partial charge in [0.1, 0.15) is 0 Å². The molecule has 3 nitrogen and oxygen atoms in total. The Morgan fingerprint density at radius 3 is 3.06 bits per heavy atom. The molecule has 3 aromatic heterocycles. The summed E-state index contributed by atoms with van der Waals surface area (Å²) in [5.74, 6) is 0. The normalized spacial score (nSPS) is 13.3. The van der Waals surface area contributed by atoms with Crippen molar-refractivity contribution in [3.8, 4) is 0 Å². The molecule has 0 spiro atoms. The van der Waals surface area contributed by atoms with E-state index in [9.17, 15) is 0 Å². The Hall–Kier alpha value is -0.440. The SMILES string of the molecule is NC(Cc1cn2ccsc2n1)c1csc(I)c1. The van der Waals surface area contributed by atoms with Gasteiger partial charge in [-0.3, -0.25) is 4.40 Å². The summed E-state index contributed by atoms with van der Waals surface area (Å²) in [7, 11) is 0. The fourth-order valence-electron chi connectivity index (χ4n) is 1.74. The zero-order valence-corrected chi connectivity index (χ0v) is 12.6. The van der Waals surface area contributed by atoms with E-state index in [1.54, 1.807) is 22.7 Å². The van der Waals surface area contributed by atoms with Gasteiger partial charge in [-0.15, -0.1) is 22.7 Å². The summed E-state index contributed by atoms with van der Waals surface area (Å²) in [6, 6.07) is 2.19. The largest absolute Gasteiger partial charge is 0.324 e. The monoisotopic (exact) mass is 375 g/mol. The van der Waals surface area contributed by atoms with E-state index in [2.05, 4.69) is 45.2 Å². The lowest BCUT2D eigenvalue weighted by molar-refractivity contribution is 0.713. The Bertz CT molecular complexity index is 611. The maximum absolute atomic E-state index is 6.19. The molecule has 0 aliphatic rings. The zero-order valence-electron chi connectivity index (χ0n) is 8.84. The van der Waals surface area contributed by atoms with Gasteiger partial charge in [-0.1, -0.05) is 0 Å². The van der Waals surface area contributed by atoms with Gasteiger partial charge in [-0.05, 0) is 39.6 Å². The Morgan fingerprint density at radius 2 is 2.35 bits per heavy atom. The third-order valence-corrected chi connectivity index (χ3v) is 5.17. The fourth-order valence-corrected chi connectivity index (χ4v) is 3.89. The molecule has 0 amide bonds. The van der Waals surface area contributed by atoms with Crippen molar-refractivity contribution in [3.63, 3.8) is 0 Å². The highest BCUT2D eigenvalue weighted by atomic mass is 127. The van der Waals surface area contributed by atoms with Crippen molar-refractivity contribution in [2.45, 2.75) is 12.5 Å². The van der Waals surface area contributed by atoms with Gasteiger partial charge in [-0.2, -0.15) is 0 Å². The molecule has 1 atom stereocenters. The molecule has 88 valence electrons. The first kappa shape index (κ1) is 11.6. The van der Waals surface area contributed by atoms with Crippen LogP contribution in [0.1, 0.15) is 17.3 Å². The van der Waals surface area contributed by atoms with Crippen LogP contribution in [-0.2, 0) is 6.42 Å². The second-order valence-corrected chi connectivity index (χ2v) is 7.50. The summed E-state index contributed by atoms with van der Waals surface area (Å²) >= 11 is 5.70. The second-order valence-electron chi connectivity index (χ2n) is 3.82. The lowest BCUT2D eigenvalue weighted by atomic mass is 10.1. The Balaban J connectivity index is 1.80. The first-order valence-electron chi connectivity index (χ1n) is 5.13. The third-order valence-electron chi connectivity index (χ3n) is 2.59. The number of nitrogens with zero attached hydrogens (tertiary/aromatic N) is 2. The summed E-state index contributed by atoms with van der Waals surface area (Å²) in [4.78, 5) is 5.58. The van der Waals surface area contributed by atoms with Crippen LogP contribution in [-0.4, -0.2) is 9.38 Å². The van der Waals surface area contributed by atoms with E-state index >= 15 is 0 Å². The van der Waals surface area contributed by atoms with Gasteiger partial charge in [0.05, 0.1) is 8.58 Å². The van der Waals surface area contributed by atoms with Crippen molar-refractivity contribution in [2.24, 2.45) is 5.73 Å². The number of thiazole rings is 1. The summed E-state index contributed by atoms with van der Waals surface area (Å²) in [6.45, 7) is 0. The first-order chi connectivity index (χ1) is 8.22. The zero-order chi connectivity index (χ0) is 11.8. The second kappa shape index (κ2) is 4.68. The number of hydrogen-bond acceptors (Lipinski definition) is 4. The van der Waals surface area contributed by atoms with E-state index < -0.39 is 0 Å². The predicted octanol–water partition coefficient (Wildman–Crippen LogP) is 3.30. The number of thiophene rings is 1. The number of imidazole rings is 1. The van der Waals surface area contributed by atoms with Gasteiger partial charge in [0.2, 0.25) is 0 Å². The molecule has 3 aromatic rings. The van der Waals surface area contributed by atoms with Crippen LogP contribution in [0.4, 0.5) is 0 Å². The van der Waals surface area contributed by atoms with E-state index in [-0.39, 0.29) is 6.04 Å². The highest BCUT2D eigenvalue weighted by Crippen LogP contribution is 2.23. The molecule has 0 saturated heterocycles. The van der Waals surface area contributed by atoms with E-state index in [4.69, 9.17) is 5.73 Å². The molecule has 1 unspecified atom stereocenters. The molecule has 0 aromatic carbocycles. The van der Waals surface area contributed by atoms with Gasteiger partial charge < -0.3 is 5.73 Å². The van der Waals surface area contributed by atoms with E-state index in [1.165, 1.54) is 8.45 Å². The van der Waals surface area contributed by atoms with Crippen LogP contribution >= 0.6 is 45.3 Å². The molecule has 6 heteroatoms. The van der Waals surface area contributed by atoms with Crippen LogP contribution in [0.15, 0.2) is 29.2 Å². The number of aromatic nitrogens is 2. The molecule has 0 saturated carbocycles. The number of hydrogen-bond donors (Lipinski definition) is 1. The van der Waals surface area contributed by atoms with Crippen molar-refractivity contribution in [2.75, 3.05) is 0 Å². The molecule has 3 heterocycles. The quantitative estimate of drug-likeness (QED) is 0.714. The van der Waals surface area contributed by atoms with Crippen LogP contribution in [0, 0.1) is 2.88 Å². The lowest BCUT2D eigenvalue weighted by Gasteiger charge is -2.06. The van der Waals surface area contributed by atoms with Crippen LogP contribution in [0.2, 0.25) is 0 Å². The molecule has 17 heavy (non-hydrogen) atoms. The van der Waals surface area contributed by atoms with E-state index in [0.29, 0.717) is 0 Å². The van der Waals surface area contributed by atoms with Crippen LogP contribution in [0.3, 0.4) is 0 Å². The Labute approximate surface area is 120 Å². The number of rotatable bonds is 3. The summed E-state index contributed by atoms with van der Waals surface area (Å²) in [5, 5.41) is 4.16. The minimum atomic E-state index is 0.0411. The highest BCUT2D eigenvalue weighted by molar-refractivity contribution is 14.1. The van der Waals surface area contributed by atoms with Crippen molar-refractivity contribution in [3.05, 3.63) is 43.4 Å². The van der Waals surface area contributed by atoms with E-state index in [1.807, 2.05) is 16.0 Å². The van der Waals surface area contributed by atoms with Gasteiger partial charge in [0, 0.05) is 30.2 Å². The Kier molecular flexibility index (Phi) is 3.20. The number of nitrogens with two attached hydrogens (primary N) is 1. The topological polar surface area (TPSA) is 43.3 Å². The molecule has 3 rings (SSSR count). The molecular weight excluding hydrogens is 365 g/mol. The maximum Gasteiger partial charge on any atom is 0.193 e. The molecule has 0 aliphatic carbocycles. The molecule has 0 radical (unpaired) electrons. The highest BCUT2D eigenvalue weighted by Gasteiger charge is 2.11. The van der Waals surface area contributed by atoms with Crippen molar-refractivity contribution in [1.82, 2.24) is 9.38 Å². The van der Waals surface area contributed by atoms with E-state index in [0.717, 1.165) is 17.1 Å². The molecule has 2 N–H and O–H groups in total. The predicted molar refractivity (Wildman–Crippen MR) is 80.7 cm³/mol. The molecule has 0 bridgehead atoms. The molecule has 0 aliphatic heterocycles.